The average molecular weight is 391 g/mol. The summed E-state index contributed by atoms with van der Waals surface area (Å²) < 4.78 is 3.60. The molecule has 5 nitrogen and oxygen atoms in total. The van der Waals surface area contributed by atoms with Crippen LogP contribution < -0.4 is 5.56 Å². The summed E-state index contributed by atoms with van der Waals surface area (Å²) in [7, 11) is 0. The number of fused-ring (bicyclic) bond motifs is 3. The molecule has 4 rings (SSSR count). The lowest BCUT2D eigenvalue weighted by Gasteiger charge is -2.13. The van der Waals surface area contributed by atoms with Gasteiger partial charge in [-0.1, -0.05) is 56.0 Å². The van der Waals surface area contributed by atoms with Crippen molar-refractivity contribution >= 4 is 28.4 Å². The summed E-state index contributed by atoms with van der Waals surface area (Å²) in [5, 5.41) is 10.1. The highest BCUT2D eigenvalue weighted by molar-refractivity contribution is 7.99. The fourth-order valence-corrected chi connectivity index (χ4v) is 4.00. The van der Waals surface area contributed by atoms with Crippen LogP contribution in [0.5, 0.6) is 0 Å². The monoisotopic (exact) mass is 390 g/mol. The number of hydrogen-bond acceptors (Lipinski definition) is 4. The fourth-order valence-electron chi connectivity index (χ4n) is 3.33. The summed E-state index contributed by atoms with van der Waals surface area (Å²) >= 11 is 1.55. The molecule has 142 valence electrons. The van der Waals surface area contributed by atoms with Gasteiger partial charge in [0.25, 0.3) is 5.56 Å². The number of benzene rings is 2. The molecular weight excluding hydrogens is 368 g/mol. The summed E-state index contributed by atoms with van der Waals surface area (Å²) in [6, 6.07) is 15.7. The van der Waals surface area contributed by atoms with Crippen molar-refractivity contribution in [3.63, 3.8) is 0 Å². The number of thioether (sulfide) groups is 1. The van der Waals surface area contributed by atoms with E-state index in [0.717, 1.165) is 28.5 Å². The molecule has 0 spiro atoms. The van der Waals surface area contributed by atoms with E-state index in [1.54, 1.807) is 16.3 Å². The molecule has 4 aromatic rings. The molecule has 0 N–H and O–H groups in total. The van der Waals surface area contributed by atoms with E-state index in [0.29, 0.717) is 17.1 Å². The predicted octanol–water partition coefficient (Wildman–Crippen LogP) is 4.83. The van der Waals surface area contributed by atoms with Crippen LogP contribution in [0.2, 0.25) is 0 Å². The molecule has 2 heterocycles. The molecule has 6 heteroatoms. The Hall–Kier alpha value is -2.86. The van der Waals surface area contributed by atoms with Crippen molar-refractivity contribution in [3.05, 3.63) is 77.1 Å². The zero-order valence-electron chi connectivity index (χ0n) is 16.0. The number of aromatic nitrogens is 4. The largest absolute Gasteiger partial charge is 0.268 e. The standard InChI is InChI=1S/C22H22N4OS/c1-4-14-28-22-24-23-21-25(17-12-10-16(11-13-17)15(3)5-2)20(27)18-8-6-7-9-19(18)26(21)22/h4,6-13,15H,1,5,14H2,2-3H3. The van der Waals surface area contributed by atoms with Crippen LogP contribution >= 0.6 is 11.8 Å². The normalized spacial score (nSPS) is 12.5. The van der Waals surface area contributed by atoms with Gasteiger partial charge in [0, 0.05) is 5.75 Å². The summed E-state index contributed by atoms with van der Waals surface area (Å²) in [5.74, 6) is 1.72. The van der Waals surface area contributed by atoms with Crippen LogP contribution in [0.3, 0.4) is 0 Å². The lowest BCUT2D eigenvalue weighted by Crippen LogP contribution is -2.21. The van der Waals surface area contributed by atoms with Crippen LogP contribution in [0.1, 0.15) is 31.7 Å². The first kappa shape index (κ1) is 18.5. The Morgan fingerprint density at radius 2 is 1.89 bits per heavy atom. The molecule has 0 saturated carbocycles. The molecule has 0 saturated heterocycles. The van der Waals surface area contributed by atoms with Crippen molar-refractivity contribution in [2.75, 3.05) is 5.75 Å². The van der Waals surface area contributed by atoms with E-state index >= 15 is 0 Å². The molecule has 1 atom stereocenters. The number of rotatable bonds is 6. The molecule has 28 heavy (non-hydrogen) atoms. The second kappa shape index (κ2) is 7.64. The van der Waals surface area contributed by atoms with E-state index in [4.69, 9.17) is 0 Å². The number of hydrogen-bond donors (Lipinski definition) is 0. The van der Waals surface area contributed by atoms with Crippen LogP contribution in [0.25, 0.3) is 22.4 Å². The molecule has 0 fully saturated rings. The minimum Gasteiger partial charge on any atom is -0.268 e. The van der Waals surface area contributed by atoms with Gasteiger partial charge in [-0.3, -0.25) is 9.20 Å². The highest BCUT2D eigenvalue weighted by Crippen LogP contribution is 2.24. The molecule has 0 amide bonds. The van der Waals surface area contributed by atoms with E-state index in [1.807, 2.05) is 46.9 Å². The van der Waals surface area contributed by atoms with Crippen LogP contribution in [0.15, 0.2) is 71.1 Å². The van der Waals surface area contributed by atoms with Crippen molar-refractivity contribution in [2.45, 2.75) is 31.3 Å². The van der Waals surface area contributed by atoms with Crippen molar-refractivity contribution in [2.24, 2.45) is 0 Å². The summed E-state index contributed by atoms with van der Waals surface area (Å²) in [6.07, 6.45) is 2.91. The number of nitrogens with zero attached hydrogens (tertiary/aromatic N) is 4. The first-order chi connectivity index (χ1) is 13.7. The van der Waals surface area contributed by atoms with Crippen molar-refractivity contribution in [3.8, 4) is 5.69 Å². The van der Waals surface area contributed by atoms with Gasteiger partial charge >= 0.3 is 0 Å². The average Bonchev–Trinajstić information content (AvgIpc) is 3.16. The van der Waals surface area contributed by atoms with Gasteiger partial charge in [-0.15, -0.1) is 16.8 Å². The van der Waals surface area contributed by atoms with Crippen molar-refractivity contribution < 1.29 is 0 Å². The third kappa shape index (κ3) is 3.03. The molecule has 2 aromatic carbocycles. The van der Waals surface area contributed by atoms with E-state index in [1.165, 1.54) is 5.56 Å². The van der Waals surface area contributed by atoms with E-state index in [9.17, 15) is 4.79 Å². The van der Waals surface area contributed by atoms with Gasteiger partial charge in [0.2, 0.25) is 5.78 Å². The Morgan fingerprint density at radius 3 is 2.61 bits per heavy atom. The molecule has 0 aliphatic carbocycles. The van der Waals surface area contributed by atoms with Gasteiger partial charge < -0.3 is 0 Å². The highest BCUT2D eigenvalue weighted by atomic mass is 32.2. The second-order valence-corrected chi connectivity index (χ2v) is 7.76. The highest BCUT2D eigenvalue weighted by Gasteiger charge is 2.17. The van der Waals surface area contributed by atoms with E-state index in [2.05, 4.69) is 42.8 Å². The smallest absolute Gasteiger partial charge is 0.267 e. The van der Waals surface area contributed by atoms with Crippen LogP contribution in [-0.4, -0.2) is 24.9 Å². The van der Waals surface area contributed by atoms with E-state index in [-0.39, 0.29) is 5.56 Å². The summed E-state index contributed by atoms with van der Waals surface area (Å²) in [6.45, 7) is 8.16. The Labute approximate surface area is 167 Å². The molecule has 1 unspecified atom stereocenters. The Morgan fingerprint density at radius 1 is 1.14 bits per heavy atom. The second-order valence-electron chi connectivity index (χ2n) is 6.78. The molecule has 0 radical (unpaired) electrons. The maximum absolute atomic E-state index is 13.3. The van der Waals surface area contributed by atoms with Gasteiger partial charge in [0.05, 0.1) is 16.6 Å². The Kier molecular flexibility index (Phi) is 5.05. The van der Waals surface area contributed by atoms with Gasteiger partial charge in [-0.2, -0.15) is 0 Å². The molecule has 0 bridgehead atoms. The van der Waals surface area contributed by atoms with Gasteiger partial charge in [-0.25, -0.2) is 4.57 Å². The third-order valence-corrected chi connectivity index (χ3v) is 5.98. The van der Waals surface area contributed by atoms with Crippen LogP contribution in [0, 0.1) is 0 Å². The molecule has 0 aliphatic rings. The zero-order valence-corrected chi connectivity index (χ0v) is 16.8. The molecular formula is C22H22N4OS. The zero-order chi connectivity index (χ0) is 19.7. The van der Waals surface area contributed by atoms with E-state index < -0.39 is 0 Å². The fraction of sp³-hybridized carbons (Fsp3) is 0.227. The summed E-state index contributed by atoms with van der Waals surface area (Å²) in [4.78, 5) is 13.3. The van der Waals surface area contributed by atoms with Crippen molar-refractivity contribution in [1.29, 1.82) is 0 Å². The Balaban J connectivity index is 1.99. The predicted molar refractivity (Wildman–Crippen MR) is 116 cm³/mol. The SMILES string of the molecule is C=CCSc1nnc2n(-c3ccc(C(C)CC)cc3)c(=O)c3ccccc3n12. The summed E-state index contributed by atoms with van der Waals surface area (Å²) in [5.41, 5.74) is 2.78. The molecule has 0 aliphatic heterocycles. The minimum absolute atomic E-state index is 0.0907. The lowest BCUT2D eigenvalue weighted by molar-refractivity contribution is 0.733. The first-order valence-electron chi connectivity index (χ1n) is 9.38. The Bertz CT molecular complexity index is 1210. The van der Waals surface area contributed by atoms with Crippen molar-refractivity contribution in [1.82, 2.24) is 19.2 Å². The first-order valence-corrected chi connectivity index (χ1v) is 10.4. The third-order valence-electron chi connectivity index (χ3n) is 5.06. The van der Waals surface area contributed by atoms with Crippen LogP contribution in [-0.2, 0) is 0 Å². The van der Waals surface area contributed by atoms with Gasteiger partial charge in [-0.05, 0) is 42.2 Å². The van der Waals surface area contributed by atoms with Gasteiger partial charge in [0.15, 0.2) is 5.16 Å². The topological polar surface area (TPSA) is 52.2 Å². The molecule has 2 aromatic heterocycles. The van der Waals surface area contributed by atoms with Crippen LogP contribution in [0.4, 0.5) is 0 Å². The maximum atomic E-state index is 13.3. The lowest BCUT2D eigenvalue weighted by atomic mass is 9.98. The minimum atomic E-state index is -0.0907. The maximum Gasteiger partial charge on any atom is 0.267 e. The number of para-hydroxylation sites is 1. The van der Waals surface area contributed by atoms with Gasteiger partial charge in [0.1, 0.15) is 0 Å². The quantitative estimate of drug-likeness (QED) is 0.350.